The van der Waals surface area contributed by atoms with E-state index in [1.165, 1.54) is 11.1 Å². The van der Waals surface area contributed by atoms with Gasteiger partial charge in [0.1, 0.15) is 5.82 Å². The summed E-state index contributed by atoms with van der Waals surface area (Å²) in [6, 6.07) is 8.28. The van der Waals surface area contributed by atoms with Crippen LogP contribution in [0, 0.1) is 19.8 Å². The number of aryl methyl sites for hydroxylation is 2. The molecule has 0 saturated carbocycles. The van der Waals surface area contributed by atoms with Gasteiger partial charge in [-0.1, -0.05) is 12.1 Å². The van der Waals surface area contributed by atoms with Gasteiger partial charge < -0.3 is 10.0 Å². The summed E-state index contributed by atoms with van der Waals surface area (Å²) in [6.07, 6.45) is 0. The van der Waals surface area contributed by atoms with Crippen molar-refractivity contribution in [1.82, 2.24) is 4.98 Å². The molecule has 1 saturated heterocycles. The maximum absolute atomic E-state index is 10.8. The Morgan fingerprint density at radius 2 is 2.05 bits per heavy atom. The first kappa shape index (κ1) is 12.0. The van der Waals surface area contributed by atoms with Crippen molar-refractivity contribution in [3.8, 4) is 0 Å². The van der Waals surface area contributed by atoms with Gasteiger partial charge in [0, 0.05) is 18.5 Å². The lowest BCUT2D eigenvalue weighted by Gasteiger charge is -2.37. The predicted octanol–water partition coefficient (Wildman–Crippen LogP) is 2.37. The third-order valence-corrected chi connectivity index (χ3v) is 3.71. The molecule has 1 aliphatic rings. The average Bonchev–Trinajstić information content (AvgIpc) is 2.25. The standard InChI is InChI=1S/C15H16N2O2/c1-9-3-4-12-10(2)6-14(16-13(12)5-9)17-7-11(8-17)15(18)19/h3-6,11H,7-8H2,1-2H3,(H,18,19). The van der Waals surface area contributed by atoms with Crippen LogP contribution in [0.2, 0.25) is 0 Å². The minimum Gasteiger partial charge on any atom is -0.481 e. The third kappa shape index (κ3) is 2.03. The van der Waals surface area contributed by atoms with E-state index in [1.807, 2.05) is 17.9 Å². The lowest BCUT2D eigenvalue weighted by Crippen LogP contribution is -2.50. The van der Waals surface area contributed by atoms with Gasteiger partial charge in [0.2, 0.25) is 0 Å². The molecule has 3 rings (SSSR count). The molecule has 2 heterocycles. The van der Waals surface area contributed by atoms with Crippen molar-refractivity contribution in [2.24, 2.45) is 5.92 Å². The van der Waals surface area contributed by atoms with Crippen LogP contribution in [0.3, 0.4) is 0 Å². The van der Waals surface area contributed by atoms with E-state index in [4.69, 9.17) is 5.11 Å². The fraction of sp³-hybridized carbons (Fsp3) is 0.333. The molecule has 0 amide bonds. The minimum atomic E-state index is -0.718. The van der Waals surface area contributed by atoms with Crippen LogP contribution in [0.25, 0.3) is 10.9 Å². The number of hydrogen-bond donors (Lipinski definition) is 1. The van der Waals surface area contributed by atoms with E-state index in [9.17, 15) is 4.79 Å². The van der Waals surface area contributed by atoms with Crippen LogP contribution in [0.1, 0.15) is 11.1 Å². The summed E-state index contributed by atoms with van der Waals surface area (Å²) in [5.41, 5.74) is 3.34. The van der Waals surface area contributed by atoms with Crippen molar-refractivity contribution in [2.45, 2.75) is 13.8 Å². The number of fused-ring (bicyclic) bond motifs is 1. The zero-order chi connectivity index (χ0) is 13.6. The Hall–Kier alpha value is -2.10. The Bertz CT molecular complexity index is 660. The van der Waals surface area contributed by atoms with E-state index in [1.54, 1.807) is 0 Å². The second kappa shape index (κ2) is 4.23. The van der Waals surface area contributed by atoms with Gasteiger partial charge in [-0.05, 0) is 37.1 Å². The Kier molecular flexibility index (Phi) is 2.66. The summed E-state index contributed by atoms with van der Waals surface area (Å²) in [7, 11) is 0. The zero-order valence-corrected chi connectivity index (χ0v) is 11.1. The number of rotatable bonds is 2. The SMILES string of the molecule is Cc1ccc2c(C)cc(N3CC(C(=O)O)C3)nc2c1. The number of nitrogens with zero attached hydrogens (tertiary/aromatic N) is 2. The van der Waals surface area contributed by atoms with Gasteiger partial charge in [0.05, 0.1) is 11.4 Å². The number of carboxylic acid groups (broad SMARTS) is 1. The molecule has 98 valence electrons. The highest BCUT2D eigenvalue weighted by atomic mass is 16.4. The number of aromatic nitrogens is 1. The van der Waals surface area contributed by atoms with Gasteiger partial charge in [0.25, 0.3) is 0 Å². The van der Waals surface area contributed by atoms with Crippen molar-refractivity contribution in [3.63, 3.8) is 0 Å². The molecule has 0 bridgehead atoms. The third-order valence-electron chi connectivity index (χ3n) is 3.71. The van der Waals surface area contributed by atoms with E-state index in [-0.39, 0.29) is 5.92 Å². The van der Waals surface area contributed by atoms with E-state index in [0.717, 1.165) is 16.7 Å². The fourth-order valence-corrected chi connectivity index (χ4v) is 2.48. The molecule has 1 N–H and O–H groups in total. The molecular weight excluding hydrogens is 240 g/mol. The molecule has 0 spiro atoms. The molecule has 1 aromatic heterocycles. The summed E-state index contributed by atoms with van der Waals surface area (Å²) in [5.74, 6) is -0.0898. The maximum atomic E-state index is 10.8. The number of carboxylic acids is 1. The molecule has 1 aliphatic heterocycles. The largest absolute Gasteiger partial charge is 0.481 e. The quantitative estimate of drug-likeness (QED) is 0.896. The number of benzene rings is 1. The highest BCUT2D eigenvalue weighted by molar-refractivity contribution is 5.85. The van der Waals surface area contributed by atoms with Crippen molar-refractivity contribution in [3.05, 3.63) is 35.4 Å². The Morgan fingerprint density at radius 1 is 1.32 bits per heavy atom. The van der Waals surface area contributed by atoms with Gasteiger partial charge in [-0.25, -0.2) is 4.98 Å². The second-order valence-electron chi connectivity index (χ2n) is 5.26. The fourth-order valence-electron chi connectivity index (χ4n) is 2.48. The van der Waals surface area contributed by atoms with E-state index < -0.39 is 5.97 Å². The first-order valence-electron chi connectivity index (χ1n) is 6.40. The molecule has 19 heavy (non-hydrogen) atoms. The number of anilines is 1. The lowest BCUT2D eigenvalue weighted by atomic mass is 10.00. The first-order valence-corrected chi connectivity index (χ1v) is 6.40. The normalized spacial score (nSPS) is 15.6. The Balaban J connectivity index is 1.95. The van der Waals surface area contributed by atoms with Gasteiger partial charge in [-0.2, -0.15) is 0 Å². The molecule has 1 fully saturated rings. The highest BCUT2D eigenvalue weighted by Gasteiger charge is 2.33. The Labute approximate surface area is 111 Å². The van der Waals surface area contributed by atoms with Crippen LogP contribution in [-0.2, 0) is 4.79 Å². The molecule has 0 radical (unpaired) electrons. The summed E-state index contributed by atoms with van der Waals surface area (Å²) >= 11 is 0. The van der Waals surface area contributed by atoms with E-state index in [2.05, 4.69) is 30.1 Å². The van der Waals surface area contributed by atoms with Crippen molar-refractivity contribution >= 4 is 22.7 Å². The topological polar surface area (TPSA) is 53.4 Å². The van der Waals surface area contributed by atoms with Crippen LogP contribution >= 0.6 is 0 Å². The number of hydrogen-bond acceptors (Lipinski definition) is 3. The molecule has 0 atom stereocenters. The summed E-state index contributed by atoms with van der Waals surface area (Å²) in [5, 5.41) is 10.1. The number of carbonyl (C=O) groups is 1. The van der Waals surface area contributed by atoms with Crippen LogP contribution in [-0.4, -0.2) is 29.1 Å². The molecule has 0 aliphatic carbocycles. The van der Waals surface area contributed by atoms with E-state index >= 15 is 0 Å². The first-order chi connectivity index (χ1) is 9.04. The maximum Gasteiger partial charge on any atom is 0.310 e. The second-order valence-corrected chi connectivity index (χ2v) is 5.26. The molecular formula is C15H16N2O2. The highest BCUT2D eigenvalue weighted by Crippen LogP contribution is 2.27. The minimum absolute atomic E-state index is 0.254. The summed E-state index contributed by atoms with van der Waals surface area (Å²) < 4.78 is 0. The van der Waals surface area contributed by atoms with Crippen molar-refractivity contribution in [1.29, 1.82) is 0 Å². The monoisotopic (exact) mass is 256 g/mol. The van der Waals surface area contributed by atoms with E-state index in [0.29, 0.717) is 13.1 Å². The average molecular weight is 256 g/mol. The van der Waals surface area contributed by atoms with Gasteiger partial charge in [-0.15, -0.1) is 0 Å². The van der Waals surface area contributed by atoms with Crippen LogP contribution in [0.5, 0.6) is 0 Å². The molecule has 0 unspecified atom stereocenters. The smallest absolute Gasteiger partial charge is 0.310 e. The summed E-state index contributed by atoms with van der Waals surface area (Å²) in [6.45, 7) is 5.22. The molecule has 4 nitrogen and oxygen atoms in total. The van der Waals surface area contributed by atoms with Gasteiger partial charge in [0.15, 0.2) is 0 Å². The number of pyridine rings is 1. The van der Waals surface area contributed by atoms with Crippen molar-refractivity contribution in [2.75, 3.05) is 18.0 Å². The Morgan fingerprint density at radius 3 is 2.74 bits per heavy atom. The van der Waals surface area contributed by atoms with Crippen LogP contribution in [0.15, 0.2) is 24.3 Å². The zero-order valence-electron chi connectivity index (χ0n) is 11.1. The molecule has 4 heteroatoms. The number of aliphatic carboxylic acids is 1. The molecule has 2 aromatic rings. The lowest BCUT2D eigenvalue weighted by molar-refractivity contribution is -0.142. The summed E-state index contributed by atoms with van der Waals surface area (Å²) in [4.78, 5) is 17.5. The van der Waals surface area contributed by atoms with Gasteiger partial charge >= 0.3 is 5.97 Å². The molecule has 1 aromatic carbocycles. The predicted molar refractivity (Wildman–Crippen MR) is 74.6 cm³/mol. The van der Waals surface area contributed by atoms with Crippen LogP contribution < -0.4 is 4.90 Å². The van der Waals surface area contributed by atoms with Crippen LogP contribution in [0.4, 0.5) is 5.82 Å². The van der Waals surface area contributed by atoms with Crippen molar-refractivity contribution < 1.29 is 9.90 Å². The van der Waals surface area contributed by atoms with Gasteiger partial charge in [-0.3, -0.25) is 4.79 Å².